The largest absolute Gasteiger partial charge is 0.355 e. The lowest BCUT2D eigenvalue weighted by Gasteiger charge is -2.12. The van der Waals surface area contributed by atoms with Gasteiger partial charge in [-0.15, -0.1) is 11.8 Å². The number of hydrogen-bond donors (Lipinski definition) is 1. The minimum Gasteiger partial charge on any atom is -0.355 e. The Hall–Kier alpha value is -1.74. The van der Waals surface area contributed by atoms with Gasteiger partial charge in [-0.25, -0.2) is 0 Å². The first-order valence-electron chi connectivity index (χ1n) is 7.20. The second kappa shape index (κ2) is 7.89. The minimum absolute atomic E-state index is 0.0801. The molecule has 0 spiro atoms. The highest BCUT2D eigenvalue weighted by molar-refractivity contribution is 8.00. The summed E-state index contributed by atoms with van der Waals surface area (Å²) in [5, 5.41) is 2.92. The molecule has 0 bridgehead atoms. The van der Waals surface area contributed by atoms with Crippen LogP contribution in [0.15, 0.2) is 59.5 Å². The molecule has 0 aliphatic heterocycles. The van der Waals surface area contributed by atoms with E-state index in [1.807, 2.05) is 25.1 Å². The molecule has 110 valence electrons. The van der Waals surface area contributed by atoms with Gasteiger partial charge in [0.05, 0.1) is 5.25 Å². The van der Waals surface area contributed by atoms with Crippen molar-refractivity contribution >= 4 is 17.7 Å². The molecule has 1 amide bonds. The summed E-state index contributed by atoms with van der Waals surface area (Å²) in [6.07, 6.45) is 0.870. The van der Waals surface area contributed by atoms with Gasteiger partial charge in [0.1, 0.15) is 0 Å². The van der Waals surface area contributed by atoms with Gasteiger partial charge in [0, 0.05) is 11.4 Å². The Bertz CT molecular complexity index is 566. The third-order valence-corrected chi connectivity index (χ3v) is 4.37. The lowest BCUT2D eigenvalue weighted by molar-refractivity contribution is -0.120. The molecule has 1 N–H and O–H groups in total. The molecule has 0 fully saturated rings. The zero-order chi connectivity index (χ0) is 15.1. The lowest BCUT2D eigenvalue weighted by atomic mass is 10.1. The number of carbonyl (C=O) groups excluding carboxylic acids is 1. The predicted octanol–water partition coefficient (Wildman–Crippen LogP) is 3.83. The van der Waals surface area contributed by atoms with Gasteiger partial charge in [-0.2, -0.15) is 0 Å². The molecule has 0 unspecified atom stereocenters. The van der Waals surface area contributed by atoms with E-state index in [0.717, 1.165) is 11.3 Å². The molecule has 3 heteroatoms. The summed E-state index contributed by atoms with van der Waals surface area (Å²) >= 11 is 1.59. The second-order valence-corrected chi connectivity index (χ2v) is 6.51. The van der Waals surface area contributed by atoms with Crippen LogP contribution in [0.2, 0.25) is 0 Å². The minimum atomic E-state index is -0.0801. The van der Waals surface area contributed by atoms with Gasteiger partial charge in [0.25, 0.3) is 0 Å². The molecule has 0 radical (unpaired) electrons. The SMILES string of the molecule is Cc1ccc(S[C@H](C)C(=O)NCCc2ccccc2)cc1. The monoisotopic (exact) mass is 299 g/mol. The fourth-order valence-electron chi connectivity index (χ4n) is 1.99. The van der Waals surface area contributed by atoms with E-state index >= 15 is 0 Å². The normalized spacial score (nSPS) is 11.9. The van der Waals surface area contributed by atoms with Gasteiger partial charge < -0.3 is 5.32 Å². The van der Waals surface area contributed by atoms with Crippen LogP contribution in [-0.2, 0) is 11.2 Å². The van der Waals surface area contributed by atoms with Crippen molar-refractivity contribution in [2.75, 3.05) is 6.54 Å². The van der Waals surface area contributed by atoms with Crippen molar-refractivity contribution in [3.63, 3.8) is 0 Å². The maximum atomic E-state index is 12.1. The number of aryl methyl sites for hydroxylation is 1. The Labute approximate surface area is 131 Å². The summed E-state index contributed by atoms with van der Waals surface area (Å²) in [6, 6.07) is 18.5. The topological polar surface area (TPSA) is 29.1 Å². The molecular weight excluding hydrogens is 278 g/mol. The first-order chi connectivity index (χ1) is 10.1. The molecule has 2 aromatic carbocycles. The number of amides is 1. The molecule has 0 saturated carbocycles. The molecular formula is C18H21NOS. The Morgan fingerprint density at radius 3 is 2.43 bits per heavy atom. The quantitative estimate of drug-likeness (QED) is 0.821. The van der Waals surface area contributed by atoms with E-state index in [-0.39, 0.29) is 11.2 Å². The van der Waals surface area contributed by atoms with Crippen molar-refractivity contribution in [1.29, 1.82) is 0 Å². The summed E-state index contributed by atoms with van der Waals surface area (Å²) < 4.78 is 0. The van der Waals surface area contributed by atoms with Crippen molar-refractivity contribution in [2.24, 2.45) is 0 Å². The highest BCUT2D eigenvalue weighted by Gasteiger charge is 2.13. The number of thioether (sulfide) groups is 1. The Balaban J connectivity index is 1.76. The third kappa shape index (κ3) is 5.27. The first kappa shape index (κ1) is 15.6. The number of hydrogen-bond acceptors (Lipinski definition) is 2. The van der Waals surface area contributed by atoms with Gasteiger partial charge in [0.2, 0.25) is 5.91 Å². The summed E-state index contributed by atoms with van der Waals surface area (Å²) in [5.74, 6) is 0.0940. The maximum Gasteiger partial charge on any atom is 0.233 e. The lowest BCUT2D eigenvalue weighted by Crippen LogP contribution is -2.32. The summed E-state index contributed by atoms with van der Waals surface area (Å²) in [6.45, 7) is 4.69. The molecule has 0 aliphatic carbocycles. The standard InChI is InChI=1S/C18H21NOS/c1-14-8-10-17(11-9-14)21-15(2)18(20)19-13-12-16-6-4-3-5-7-16/h3-11,15H,12-13H2,1-2H3,(H,19,20)/t15-/m1/s1. The van der Waals surface area contributed by atoms with Crippen LogP contribution in [0, 0.1) is 6.92 Å². The number of rotatable bonds is 6. The fourth-order valence-corrected chi connectivity index (χ4v) is 2.88. The van der Waals surface area contributed by atoms with Crippen LogP contribution in [-0.4, -0.2) is 17.7 Å². The highest BCUT2D eigenvalue weighted by Crippen LogP contribution is 2.23. The van der Waals surface area contributed by atoms with E-state index in [2.05, 4.69) is 48.6 Å². The van der Waals surface area contributed by atoms with Crippen LogP contribution < -0.4 is 5.32 Å². The van der Waals surface area contributed by atoms with Crippen LogP contribution >= 0.6 is 11.8 Å². The second-order valence-electron chi connectivity index (χ2n) is 5.10. The van der Waals surface area contributed by atoms with E-state index in [4.69, 9.17) is 0 Å². The maximum absolute atomic E-state index is 12.1. The van der Waals surface area contributed by atoms with Gasteiger partial charge in [-0.1, -0.05) is 48.0 Å². The average Bonchev–Trinajstić information content (AvgIpc) is 2.50. The molecule has 0 saturated heterocycles. The number of benzene rings is 2. The molecule has 2 rings (SSSR count). The van der Waals surface area contributed by atoms with E-state index in [1.165, 1.54) is 11.1 Å². The van der Waals surface area contributed by atoms with Gasteiger partial charge >= 0.3 is 0 Å². The Kier molecular flexibility index (Phi) is 5.88. The predicted molar refractivity (Wildman–Crippen MR) is 89.7 cm³/mol. The summed E-state index contributed by atoms with van der Waals surface area (Å²) in [7, 11) is 0. The molecule has 2 nitrogen and oxygen atoms in total. The molecule has 0 heterocycles. The average molecular weight is 299 g/mol. The Morgan fingerprint density at radius 1 is 1.10 bits per heavy atom. The van der Waals surface area contributed by atoms with Gasteiger partial charge in [-0.3, -0.25) is 4.79 Å². The van der Waals surface area contributed by atoms with Crippen molar-refractivity contribution in [3.8, 4) is 0 Å². The third-order valence-electron chi connectivity index (χ3n) is 3.26. The highest BCUT2D eigenvalue weighted by atomic mass is 32.2. The van der Waals surface area contributed by atoms with Crippen molar-refractivity contribution in [1.82, 2.24) is 5.32 Å². The van der Waals surface area contributed by atoms with Crippen LogP contribution in [0.5, 0.6) is 0 Å². The van der Waals surface area contributed by atoms with Gasteiger partial charge in [0.15, 0.2) is 0 Å². The van der Waals surface area contributed by atoms with Crippen LogP contribution in [0.4, 0.5) is 0 Å². The van der Waals surface area contributed by atoms with E-state index < -0.39 is 0 Å². The smallest absolute Gasteiger partial charge is 0.233 e. The first-order valence-corrected chi connectivity index (χ1v) is 8.08. The summed E-state index contributed by atoms with van der Waals surface area (Å²) in [4.78, 5) is 13.2. The van der Waals surface area contributed by atoms with Crippen LogP contribution in [0.3, 0.4) is 0 Å². The van der Waals surface area contributed by atoms with E-state index in [9.17, 15) is 4.79 Å². The molecule has 0 aliphatic rings. The molecule has 2 aromatic rings. The van der Waals surface area contributed by atoms with Crippen LogP contribution in [0.1, 0.15) is 18.1 Å². The van der Waals surface area contributed by atoms with Crippen molar-refractivity contribution < 1.29 is 4.79 Å². The van der Waals surface area contributed by atoms with E-state index in [0.29, 0.717) is 6.54 Å². The molecule has 21 heavy (non-hydrogen) atoms. The van der Waals surface area contributed by atoms with Crippen LogP contribution in [0.25, 0.3) is 0 Å². The van der Waals surface area contributed by atoms with Crippen molar-refractivity contribution in [2.45, 2.75) is 30.4 Å². The number of nitrogens with one attached hydrogen (secondary N) is 1. The zero-order valence-electron chi connectivity index (χ0n) is 12.5. The zero-order valence-corrected chi connectivity index (χ0v) is 13.3. The van der Waals surface area contributed by atoms with E-state index in [1.54, 1.807) is 11.8 Å². The van der Waals surface area contributed by atoms with Gasteiger partial charge in [-0.05, 0) is 38.0 Å². The molecule has 1 atom stereocenters. The van der Waals surface area contributed by atoms with Crippen molar-refractivity contribution in [3.05, 3.63) is 65.7 Å². The summed E-state index contributed by atoms with van der Waals surface area (Å²) in [5.41, 5.74) is 2.48. The molecule has 0 aromatic heterocycles. The Morgan fingerprint density at radius 2 is 1.76 bits per heavy atom. The fraction of sp³-hybridized carbons (Fsp3) is 0.278. The number of carbonyl (C=O) groups is 1.